The SMILES string of the molecule is CCCC1CCC(C(=O)O)C(N2CCC3CCCCC32)C1. The van der Waals surface area contributed by atoms with Gasteiger partial charge in [-0.1, -0.05) is 32.6 Å². The first-order valence-corrected chi connectivity index (χ1v) is 9.19. The molecule has 3 heteroatoms. The summed E-state index contributed by atoms with van der Waals surface area (Å²) in [5.74, 6) is 0.964. The third kappa shape index (κ3) is 3.13. The van der Waals surface area contributed by atoms with Crippen LogP contribution in [0.15, 0.2) is 0 Å². The van der Waals surface area contributed by atoms with Crippen LogP contribution < -0.4 is 0 Å². The molecule has 3 rings (SSSR count). The maximum atomic E-state index is 11.7. The Balaban J connectivity index is 1.73. The van der Waals surface area contributed by atoms with E-state index in [-0.39, 0.29) is 5.92 Å². The van der Waals surface area contributed by atoms with Crippen molar-refractivity contribution >= 4 is 5.97 Å². The molecule has 0 spiro atoms. The standard InChI is InChI=1S/C18H31NO2/c1-2-5-13-8-9-15(18(20)21)17(12-13)19-11-10-14-6-3-4-7-16(14)19/h13-17H,2-12H2,1H3,(H,20,21). The van der Waals surface area contributed by atoms with Crippen LogP contribution in [0.1, 0.15) is 71.1 Å². The molecule has 3 fully saturated rings. The average Bonchev–Trinajstić information content (AvgIpc) is 2.91. The number of hydrogen-bond donors (Lipinski definition) is 1. The number of rotatable bonds is 4. The largest absolute Gasteiger partial charge is 0.481 e. The zero-order valence-electron chi connectivity index (χ0n) is 13.5. The lowest BCUT2D eigenvalue weighted by atomic mass is 9.75. The molecule has 21 heavy (non-hydrogen) atoms. The topological polar surface area (TPSA) is 40.5 Å². The van der Waals surface area contributed by atoms with Crippen molar-refractivity contribution in [1.29, 1.82) is 0 Å². The predicted molar refractivity (Wildman–Crippen MR) is 84.2 cm³/mol. The fraction of sp³-hybridized carbons (Fsp3) is 0.944. The van der Waals surface area contributed by atoms with E-state index in [9.17, 15) is 9.90 Å². The van der Waals surface area contributed by atoms with Gasteiger partial charge < -0.3 is 5.11 Å². The van der Waals surface area contributed by atoms with Gasteiger partial charge in [-0.25, -0.2) is 0 Å². The third-order valence-corrected chi connectivity index (χ3v) is 6.42. The first-order chi connectivity index (χ1) is 10.2. The Morgan fingerprint density at radius 3 is 2.67 bits per heavy atom. The molecule has 3 aliphatic rings. The minimum atomic E-state index is -0.547. The van der Waals surface area contributed by atoms with Gasteiger partial charge in [0.1, 0.15) is 0 Å². The van der Waals surface area contributed by atoms with E-state index in [4.69, 9.17) is 0 Å². The van der Waals surface area contributed by atoms with Crippen LogP contribution in [0, 0.1) is 17.8 Å². The molecule has 5 unspecified atom stereocenters. The molecule has 0 radical (unpaired) electrons. The van der Waals surface area contributed by atoms with Crippen molar-refractivity contribution in [2.75, 3.05) is 6.54 Å². The number of hydrogen-bond acceptors (Lipinski definition) is 2. The van der Waals surface area contributed by atoms with Gasteiger partial charge in [-0.3, -0.25) is 9.69 Å². The zero-order chi connectivity index (χ0) is 14.8. The van der Waals surface area contributed by atoms with Crippen molar-refractivity contribution in [3.63, 3.8) is 0 Å². The van der Waals surface area contributed by atoms with E-state index in [1.165, 1.54) is 44.9 Å². The van der Waals surface area contributed by atoms with Crippen LogP contribution in [0.2, 0.25) is 0 Å². The minimum Gasteiger partial charge on any atom is -0.481 e. The summed E-state index contributed by atoms with van der Waals surface area (Å²) in [5, 5.41) is 9.65. The summed E-state index contributed by atoms with van der Waals surface area (Å²) >= 11 is 0. The van der Waals surface area contributed by atoms with Gasteiger partial charge in [0.25, 0.3) is 0 Å². The highest BCUT2D eigenvalue weighted by atomic mass is 16.4. The Labute approximate surface area is 129 Å². The van der Waals surface area contributed by atoms with Gasteiger partial charge in [-0.2, -0.15) is 0 Å². The summed E-state index contributed by atoms with van der Waals surface area (Å²) < 4.78 is 0. The second-order valence-corrected chi connectivity index (χ2v) is 7.62. The lowest BCUT2D eigenvalue weighted by molar-refractivity contribution is -0.146. The molecule has 1 saturated heterocycles. The number of fused-ring (bicyclic) bond motifs is 1. The van der Waals surface area contributed by atoms with Gasteiger partial charge in [-0.05, 0) is 56.9 Å². The van der Waals surface area contributed by atoms with Gasteiger partial charge in [0.05, 0.1) is 5.92 Å². The molecule has 2 saturated carbocycles. The van der Waals surface area contributed by atoms with Crippen LogP contribution in [0.4, 0.5) is 0 Å². The highest BCUT2D eigenvalue weighted by molar-refractivity contribution is 5.71. The van der Waals surface area contributed by atoms with Crippen LogP contribution in [0.25, 0.3) is 0 Å². The maximum absolute atomic E-state index is 11.7. The number of likely N-dealkylation sites (tertiary alicyclic amines) is 1. The Bertz CT molecular complexity index is 370. The van der Waals surface area contributed by atoms with Gasteiger partial charge in [0.2, 0.25) is 0 Å². The summed E-state index contributed by atoms with van der Waals surface area (Å²) in [6.45, 7) is 3.41. The normalized spacial score (nSPS) is 40.9. The predicted octanol–water partition coefficient (Wildman–Crippen LogP) is 3.92. The third-order valence-electron chi connectivity index (χ3n) is 6.42. The Morgan fingerprint density at radius 1 is 1.10 bits per heavy atom. The minimum absolute atomic E-state index is 0.112. The van der Waals surface area contributed by atoms with E-state index < -0.39 is 5.97 Å². The monoisotopic (exact) mass is 293 g/mol. The highest BCUT2D eigenvalue weighted by Crippen LogP contribution is 2.43. The Hall–Kier alpha value is -0.570. The summed E-state index contributed by atoms with van der Waals surface area (Å²) in [4.78, 5) is 14.4. The van der Waals surface area contributed by atoms with Crippen molar-refractivity contribution in [1.82, 2.24) is 4.90 Å². The van der Waals surface area contributed by atoms with Gasteiger partial charge in [-0.15, -0.1) is 0 Å². The average molecular weight is 293 g/mol. The first-order valence-electron chi connectivity index (χ1n) is 9.19. The number of nitrogens with zero attached hydrogens (tertiary/aromatic N) is 1. The molecular formula is C18H31NO2. The maximum Gasteiger partial charge on any atom is 0.308 e. The smallest absolute Gasteiger partial charge is 0.308 e. The van der Waals surface area contributed by atoms with Crippen molar-refractivity contribution in [3.8, 4) is 0 Å². The number of carboxylic acid groups (broad SMARTS) is 1. The van der Waals surface area contributed by atoms with Crippen LogP contribution in [0.3, 0.4) is 0 Å². The molecule has 3 nitrogen and oxygen atoms in total. The van der Waals surface area contributed by atoms with Gasteiger partial charge in [0.15, 0.2) is 0 Å². The van der Waals surface area contributed by atoms with Crippen molar-refractivity contribution in [2.24, 2.45) is 17.8 Å². The molecule has 5 atom stereocenters. The number of aliphatic carboxylic acids is 1. The quantitative estimate of drug-likeness (QED) is 0.854. The van der Waals surface area contributed by atoms with Crippen LogP contribution >= 0.6 is 0 Å². The summed E-state index contributed by atoms with van der Waals surface area (Å²) in [6, 6.07) is 1.02. The summed E-state index contributed by atoms with van der Waals surface area (Å²) in [6.07, 6.45) is 12.4. The van der Waals surface area contributed by atoms with E-state index in [1.54, 1.807) is 0 Å². The zero-order valence-corrected chi connectivity index (χ0v) is 13.5. The molecule has 0 bridgehead atoms. The molecule has 1 heterocycles. The molecular weight excluding hydrogens is 262 g/mol. The van der Waals surface area contributed by atoms with Gasteiger partial charge in [0, 0.05) is 12.1 Å². The molecule has 2 aliphatic carbocycles. The fourth-order valence-corrected chi connectivity index (χ4v) is 5.41. The van der Waals surface area contributed by atoms with Crippen LogP contribution in [-0.4, -0.2) is 34.6 Å². The number of carbonyl (C=O) groups is 1. The van der Waals surface area contributed by atoms with Crippen molar-refractivity contribution < 1.29 is 9.90 Å². The second kappa shape index (κ2) is 6.68. The lowest BCUT2D eigenvalue weighted by Crippen LogP contribution is -2.50. The Kier molecular flexibility index (Phi) is 4.88. The molecule has 1 N–H and O–H groups in total. The van der Waals surface area contributed by atoms with Gasteiger partial charge >= 0.3 is 5.97 Å². The molecule has 1 aliphatic heterocycles. The number of carboxylic acids is 1. The summed E-state index contributed by atoms with van der Waals surface area (Å²) in [7, 11) is 0. The van der Waals surface area contributed by atoms with Crippen LogP contribution in [-0.2, 0) is 4.79 Å². The fourth-order valence-electron chi connectivity index (χ4n) is 5.41. The summed E-state index contributed by atoms with van der Waals surface area (Å²) in [5.41, 5.74) is 0. The van der Waals surface area contributed by atoms with Crippen LogP contribution in [0.5, 0.6) is 0 Å². The molecule has 0 aromatic heterocycles. The van der Waals surface area contributed by atoms with E-state index >= 15 is 0 Å². The molecule has 0 aromatic rings. The van der Waals surface area contributed by atoms with Crippen molar-refractivity contribution in [3.05, 3.63) is 0 Å². The molecule has 120 valence electrons. The van der Waals surface area contributed by atoms with E-state index in [1.807, 2.05) is 0 Å². The lowest BCUT2D eigenvalue weighted by Gasteiger charge is -2.43. The second-order valence-electron chi connectivity index (χ2n) is 7.62. The van der Waals surface area contributed by atoms with Crippen molar-refractivity contribution in [2.45, 2.75) is 83.2 Å². The Morgan fingerprint density at radius 2 is 1.90 bits per heavy atom. The van der Waals surface area contributed by atoms with E-state index in [2.05, 4.69) is 11.8 Å². The van der Waals surface area contributed by atoms with E-state index in [0.29, 0.717) is 12.1 Å². The first kappa shape index (κ1) is 15.3. The molecule has 0 amide bonds. The van der Waals surface area contributed by atoms with E-state index in [0.717, 1.165) is 37.6 Å². The molecule has 0 aromatic carbocycles. The highest BCUT2D eigenvalue weighted by Gasteiger charge is 2.45.